The Morgan fingerprint density at radius 1 is 0.308 bits per heavy atom. The monoisotopic (exact) mass is 905 g/mol. The number of unbranched alkanes of at least 4 members (excludes halogenated alkanes) is 23. The lowest BCUT2D eigenvalue weighted by atomic mass is 10.0. The third-order valence-corrected chi connectivity index (χ3v) is 11.4. The van der Waals surface area contributed by atoms with Gasteiger partial charge in [0.15, 0.2) is 6.10 Å². The summed E-state index contributed by atoms with van der Waals surface area (Å²) in [5.74, 6) is -1.02. The maximum absolute atomic E-state index is 12.8. The van der Waals surface area contributed by atoms with E-state index in [0.29, 0.717) is 19.3 Å². The second-order valence-electron chi connectivity index (χ2n) is 17.8. The molecule has 0 unspecified atom stereocenters. The Kier molecular flexibility index (Phi) is 50.4. The lowest BCUT2D eigenvalue weighted by Crippen LogP contribution is -2.30. The van der Waals surface area contributed by atoms with E-state index < -0.39 is 6.10 Å². The fourth-order valence-corrected chi connectivity index (χ4v) is 7.27. The third kappa shape index (κ3) is 51.4. The molecular weight excluding hydrogens is 805 g/mol. The first-order chi connectivity index (χ1) is 32.0. The number of allylic oxidation sites excluding steroid dienone is 14. The van der Waals surface area contributed by atoms with Gasteiger partial charge >= 0.3 is 17.9 Å². The third-order valence-electron chi connectivity index (χ3n) is 11.4. The molecule has 0 aromatic carbocycles. The maximum Gasteiger partial charge on any atom is 0.306 e. The zero-order valence-electron chi connectivity index (χ0n) is 42.5. The van der Waals surface area contributed by atoms with Crippen LogP contribution in [0.4, 0.5) is 0 Å². The number of hydrogen-bond acceptors (Lipinski definition) is 6. The van der Waals surface area contributed by atoms with Gasteiger partial charge in [-0.1, -0.05) is 228 Å². The molecule has 6 heteroatoms. The molecule has 0 aliphatic rings. The van der Waals surface area contributed by atoms with Crippen LogP contribution in [0.25, 0.3) is 0 Å². The van der Waals surface area contributed by atoms with Gasteiger partial charge in [0, 0.05) is 19.3 Å². The van der Waals surface area contributed by atoms with E-state index in [-0.39, 0.29) is 44.0 Å². The van der Waals surface area contributed by atoms with Crippen LogP contribution in [-0.4, -0.2) is 37.2 Å². The number of ether oxygens (including phenoxy) is 3. The molecule has 0 fully saturated rings. The lowest BCUT2D eigenvalue weighted by Gasteiger charge is -2.18. The number of carbonyl (C=O) groups excluding carboxylic acids is 3. The number of esters is 3. The highest BCUT2D eigenvalue weighted by atomic mass is 16.6. The molecule has 0 aromatic heterocycles. The van der Waals surface area contributed by atoms with Crippen molar-refractivity contribution in [1.82, 2.24) is 0 Å². The Morgan fingerprint density at radius 2 is 0.569 bits per heavy atom. The van der Waals surface area contributed by atoms with Crippen molar-refractivity contribution >= 4 is 17.9 Å². The van der Waals surface area contributed by atoms with Gasteiger partial charge in [0.05, 0.1) is 0 Å². The smallest absolute Gasteiger partial charge is 0.306 e. The summed E-state index contributed by atoms with van der Waals surface area (Å²) in [7, 11) is 0. The van der Waals surface area contributed by atoms with Gasteiger partial charge in [-0.15, -0.1) is 0 Å². The molecule has 0 aliphatic carbocycles. The van der Waals surface area contributed by atoms with E-state index in [2.05, 4.69) is 106 Å². The molecular formula is C59H100O6. The molecule has 0 spiro atoms. The SMILES string of the molecule is CCCCC/C=C\C/C=C\C/C=C\C/C=C\CCCC(=O)OC[C@H](COC(=O)CCC/C=C\C/C=C\C/C=C\CCCCCCCC)OC(=O)CCCCCCCCCCCCCCC. The number of rotatable bonds is 48. The quantitative estimate of drug-likeness (QED) is 0.0262. The van der Waals surface area contributed by atoms with E-state index >= 15 is 0 Å². The Hall–Kier alpha value is -3.41. The van der Waals surface area contributed by atoms with Gasteiger partial charge in [-0.2, -0.15) is 0 Å². The van der Waals surface area contributed by atoms with Crippen molar-refractivity contribution in [2.24, 2.45) is 0 Å². The van der Waals surface area contributed by atoms with Crippen LogP contribution < -0.4 is 0 Å². The van der Waals surface area contributed by atoms with Gasteiger partial charge in [0.25, 0.3) is 0 Å². The first-order valence-electron chi connectivity index (χ1n) is 27.1. The van der Waals surface area contributed by atoms with Crippen molar-refractivity contribution in [3.8, 4) is 0 Å². The molecule has 65 heavy (non-hydrogen) atoms. The second-order valence-corrected chi connectivity index (χ2v) is 17.8. The van der Waals surface area contributed by atoms with Crippen LogP contribution in [0.5, 0.6) is 0 Å². The van der Waals surface area contributed by atoms with E-state index in [0.717, 1.165) is 64.2 Å². The molecule has 0 saturated heterocycles. The van der Waals surface area contributed by atoms with Crippen molar-refractivity contribution < 1.29 is 28.6 Å². The summed E-state index contributed by atoms with van der Waals surface area (Å²) in [5.41, 5.74) is 0. The minimum atomic E-state index is -0.817. The van der Waals surface area contributed by atoms with Crippen LogP contribution >= 0.6 is 0 Å². The Labute approximate surface area is 401 Å². The van der Waals surface area contributed by atoms with Gasteiger partial charge < -0.3 is 14.2 Å². The minimum Gasteiger partial charge on any atom is -0.462 e. The molecule has 0 amide bonds. The van der Waals surface area contributed by atoms with Crippen LogP contribution in [-0.2, 0) is 28.6 Å². The molecule has 0 radical (unpaired) electrons. The van der Waals surface area contributed by atoms with Gasteiger partial charge in [0.2, 0.25) is 0 Å². The largest absolute Gasteiger partial charge is 0.462 e. The lowest BCUT2D eigenvalue weighted by molar-refractivity contribution is -0.167. The van der Waals surface area contributed by atoms with Gasteiger partial charge in [-0.05, 0) is 89.9 Å². The first-order valence-corrected chi connectivity index (χ1v) is 27.1. The summed E-state index contributed by atoms with van der Waals surface area (Å²) in [6.07, 6.45) is 68.6. The standard InChI is InChI=1S/C59H100O6/c1-4-7-10-13-16-19-22-25-27-29-31-34-36-39-42-45-48-51-57(60)63-54-56(65-59(62)53-50-47-44-41-38-33-24-21-18-15-12-9-6-3)55-64-58(61)52-49-46-43-40-37-35-32-30-28-26-23-20-17-14-11-8-5-2/h16,19,25-28,31-32,34-35,39-40,42-43,56H,4-15,17-18,20-24,29-30,33,36-38,41,44-55H2,1-3H3/b19-16-,27-25-,28-26-,34-31-,35-32-,42-39-,43-40-/t56-/m1/s1. The predicted molar refractivity (Wildman–Crippen MR) is 279 cm³/mol. The topological polar surface area (TPSA) is 78.9 Å². The molecule has 0 aromatic rings. The fraction of sp³-hybridized carbons (Fsp3) is 0.712. The average molecular weight is 905 g/mol. The van der Waals surface area contributed by atoms with Crippen molar-refractivity contribution in [3.63, 3.8) is 0 Å². The molecule has 372 valence electrons. The van der Waals surface area contributed by atoms with Crippen molar-refractivity contribution in [2.45, 2.75) is 258 Å². The summed E-state index contributed by atoms with van der Waals surface area (Å²) < 4.78 is 16.7. The summed E-state index contributed by atoms with van der Waals surface area (Å²) in [4.78, 5) is 38.0. The zero-order chi connectivity index (χ0) is 47.2. The van der Waals surface area contributed by atoms with E-state index in [9.17, 15) is 14.4 Å². The van der Waals surface area contributed by atoms with E-state index in [1.165, 1.54) is 135 Å². The molecule has 0 N–H and O–H groups in total. The minimum absolute atomic E-state index is 0.118. The van der Waals surface area contributed by atoms with Gasteiger partial charge in [-0.3, -0.25) is 14.4 Å². The zero-order valence-corrected chi connectivity index (χ0v) is 42.5. The second kappa shape index (κ2) is 53.2. The summed E-state index contributed by atoms with van der Waals surface area (Å²) >= 11 is 0. The molecule has 1 atom stereocenters. The number of carbonyl (C=O) groups is 3. The van der Waals surface area contributed by atoms with Crippen molar-refractivity contribution in [2.75, 3.05) is 13.2 Å². The van der Waals surface area contributed by atoms with Crippen LogP contribution in [0.3, 0.4) is 0 Å². The van der Waals surface area contributed by atoms with Crippen LogP contribution in [0.2, 0.25) is 0 Å². The normalized spacial score (nSPS) is 12.7. The van der Waals surface area contributed by atoms with Gasteiger partial charge in [0.1, 0.15) is 13.2 Å². The summed E-state index contributed by atoms with van der Waals surface area (Å²) in [6, 6.07) is 0. The van der Waals surface area contributed by atoms with E-state index in [1.807, 2.05) is 0 Å². The molecule has 6 nitrogen and oxygen atoms in total. The highest BCUT2D eigenvalue weighted by Crippen LogP contribution is 2.14. The van der Waals surface area contributed by atoms with Gasteiger partial charge in [-0.25, -0.2) is 0 Å². The molecule has 0 bridgehead atoms. The number of hydrogen-bond donors (Lipinski definition) is 0. The van der Waals surface area contributed by atoms with Crippen LogP contribution in [0.15, 0.2) is 85.1 Å². The maximum atomic E-state index is 12.8. The van der Waals surface area contributed by atoms with Crippen LogP contribution in [0.1, 0.15) is 252 Å². The fourth-order valence-electron chi connectivity index (χ4n) is 7.27. The Bertz CT molecular complexity index is 1270. The first kappa shape index (κ1) is 61.6. The van der Waals surface area contributed by atoms with Crippen LogP contribution in [0, 0.1) is 0 Å². The predicted octanol–water partition coefficient (Wildman–Crippen LogP) is 18.0. The van der Waals surface area contributed by atoms with Crippen molar-refractivity contribution in [1.29, 1.82) is 0 Å². The van der Waals surface area contributed by atoms with Crippen molar-refractivity contribution in [3.05, 3.63) is 85.1 Å². The molecule has 0 rings (SSSR count). The summed E-state index contributed by atoms with van der Waals surface area (Å²) in [5, 5.41) is 0. The molecule has 0 aliphatic heterocycles. The Balaban J connectivity index is 4.53. The average Bonchev–Trinajstić information content (AvgIpc) is 3.30. The van der Waals surface area contributed by atoms with E-state index in [1.54, 1.807) is 0 Å². The summed E-state index contributed by atoms with van der Waals surface area (Å²) in [6.45, 7) is 6.51. The Morgan fingerprint density at radius 3 is 0.938 bits per heavy atom. The highest BCUT2D eigenvalue weighted by Gasteiger charge is 2.19. The highest BCUT2D eigenvalue weighted by molar-refractivity contribution is 5.71. The van der Waals surface area contributed by atoms with E-state index in [4.69, 9.17) is 14.2 Å². The molecule has 0 saturated carbocycles. The molecule has 0 heterocycles.